The Morgan fingerprint density at radius 3 is 1.16 bits per heavy atom. The highest BCUT2D eigenvalue weighted by Gasteiger charge is 2.22. The van der Waals surface area contributed by atoms with Crippen molar-refractivity contribution in [2.24, 2.45) is 0 Å². The predicted octanol–water partition coefficient (Wildman–Crippen LogP) is 2.54. The van der Waals surface area contributed by atoms with Gasteiger partial charge in [-0.2, -0.15) is 0 Å². The standard InChI is InChI=1S/C12H28N.CH4O4S/c1-5-9-13(10-6-2,11-7-3)12-8-4;1-5-6(2,3)4/h5-12H2,1-4H3;1H3,(H,2,3,4)/q+1;/p-1. The van der Waals surface area contributed by atoms with Crippen LogP contribution in [0.5, 0.6) is 0 Å². The van der Waals surface area contributed by atoms with E-state index in [9.17, 15) is 13.0 Å². The van der Waals surface area contributed by atoms with E-state index in [1.807, 2.05) is 0 Å². The smallest absolute Gasteiger partial charge is 0.217 e. The lowest BCUT2D eigenvalue weighted by molar-refractivity contribution is -0.928. The molecular weight excluding hydrogens is 266 g/mol. The summed E-state index contributed by atoms with van der Waals surface area (Å²) in [6.45, 7) is 14.8. The summed E-state index contributed by atoms with van der Waals surface area (Å²) < 4.78 is 32.4. The first-order valence-electron chi connectivity index (χ1n) is 7.17. The lowest BCUT2D eigenvalue weighted by atomic mass is 10.2. The fourth-order valence-corrected chi connectivity index (χ4v) is 2.57. The molecule has 0 N–H and O–H groups in total. The van der Waals surface area contributed by atoms with E-state index >= 15 is 0 Å². The molecule has 0 aromatic rings. The second-order valence-electron chi connectivity index (χ2n) is 4.81. The molecule has 0 bridgehead atoms. The zero-order chi connectivity index (χ0) is 15.4. The van der Waals surface area contributed by atoms with Crippen LogP contribution in [0.25, 0.3) is 0 Å². The van der Waals surface area contributed by atoms with Crippen LogP contribution in [0.2, 0.25) is 0 Å². The molecule has 0 aliphatic rings. The summed E-state index contributed by atoms with van der Waals surface area (Å²) in [6, 6.07) is 0. The van der Waals surface area contributed by atoms with Crippen molar-refractivity contribution in [3.05, 3.63) is 0 Å². The van der Waals surface area contributed by atoms with Gasteiger partial charge in [-0.1, -0.05) is 27.7 Å². The van der Waals surface area contributed by atoms with Crippen LogP contribution in [0.1, 0.15) is 53.4 Å². The van der Waals surface area contributed by atoms with Crippen molar-refractivity contribution in [2.45, 2.75) is 53.4 Å². The van der Waals surface area contributed by atoms with Gasteiger partial charge in [-0.3, -0.25) is 4.18 Å². The van der Waals surface area contributed by atoms with Gasteiger partial charge in [0.25, 0.3) is 0 Å². The molecule has 0 rings (SSSR count). The Morgan fingerprint density at radius 2 is 1.05 bits per heavy atom. The van der Waals surface area contributed by atoms with E-state index in [0.29, 0.717) is 0 Å². The van der Waals surface area contributed by atoms with Crippen LogP contribution in [0.3, 0.4) is 0 Å². The molecule has 6 heteroatoms. The third-order valence-corrected chi connectivity index (χ3v) is 3.40. The van der Waals surface area contributed by atoms with E-state index in [-0.39, 0.29) is 0 Å². The third-order valence-electron chi connectivity index (χ3n) is 3.00. The van der Waals surface area contributed by atoms with Crippen molar-refractivity contribution in [3.8, 4) is 0 Å². The molecule has 0 radical (unpaired) electrons. The van der Waals surface area contributed by atoms with E-state index in [0.717, 1.165) is 7.11 Å². The lowest BCUT2D eigenvalue weighted by Crippen LogP contribution is -2.50. The van der Waals surface area contributed by atoms with Gasteiger partial charge in [0.1, 0.15) is 0 Å². The largest absolute Gasteiger partial charge is 0.726 e. The Morgan fingerprint density at radius 1 is 0.842 bits per heavy atom. The molecule has 0 atom stereocenters. The average molecular weight is 297 g/mol. The highest BCUT2D eigenvalue weighted by molar-refractivity contribution is 7.80. The zero-order valence-electron chi connectivity index (χ0n) is 13.1. The Kier molecular flexibility index (Phi) is 12.9. The summed E-state index contributed by atoms with van der Waals surface area (Å²) in [6.07, 6.45) is 5.33. The Bertz CT molecular complexity index is 262. The molecule has 0 aromatic carbocycles. The van der Waals surface area contributed by atoms with Gasteiger partial charge in [0, 0.05) is 0 Å². The molecule has 118 valence electrons. The Labute approximate surface area is 119 Å². The van der Waals surface area contributed by atoms with Crippen molar-refractivity contribution in [2.75, 3.05) is 33.3 Å². The minimum Gasteiger partial charge on any atom is -0.726 e. The molecule has 0 aliphatic carbocycles. The number of hydrogen-bond donors (Lipinski definition) is 0. The van der Waals surface area contributed by atoms with Crippen LogP contribution < -0.4 is 0 Å². The molecule has 0 amide bonds. The van der Waals surface area contributed by atoms with Gasteiger partial charge >= 0.3 is 0 Å². The minimum atomic E-state index is -4.41. The average Bonchev–Trinajstić information content (AvgIpc) is 2.30. The van der Waals surface area contributed by atoms with Crippen molar-refractivity contribution < 1.29 is 21.6 Å². The van der Waals surface area contributed by atoms with Crippen LogP contribution in [-0.2, 0) is 14.6 Å². The predicted molar refractivity (Wildman–Crippen MR) is 77.6 cm³/mol. The van der Waals surface area contributed by atoms with Gasteiger partial charge in [0.15, 0.2) is 0 Å². The number of hydrogen-bond acceptors (Lipinski definition) is 4. The van der Waals surface area contributed by atoms with Gasteiger partial charge in [-0.25, -0.2) is 8.42 Å². The van der Waals surface area contributed by atoms with Gasteiger partial charge in [0.2, 0.25) is 10.4 Å². The van der Waals surface area contributed by atoms with E-state index in [1.54, 1.807) is 0 Å². The monoisotopic (exact) mass is 297 g/mol. The highest BCUT2D eigenvalue weighted by Crippen LogP contribution is 2.12. The van der Waals surface area contributed by atoms with Crippen LogP contribution >= 0.6 is 0 Å². The second-order valence-corrected chi connectivity index (χ2v) is 5.96. The van der Waals surface area contributed by atoms with Crippen molar-refractivity contribution in [3.63, 3.8) is 0 Å². The Balaban J connectivity index is 0. The van der Waals surface area contributed by atoms with E-state index in [4.69, 9.17) is 0 Å². The molecule has 0 unspecified atom stereocenters. The molecule has 5 nitrogen and oxygen atoms in total. The second kappa shape index (κ2) is 11.6. The highest BCUT2D eigenvalue weighted by atomic mass is 32.3. The summed E-state index contributed by atoms with van der Waals surface area (Å²) in [7, 11) is -3.60. The third kappa shape index (κ3) is 12.6. The van der Waals surface area contributed by atoms with Crippen LogP contribution in [0.4, 0.5) is 0 Å². The normalized spacial score (nSPS) is 11.9. The molecular formula is C13H31NO4S. The summed E-state index contributed by atoms with van der Waals surface area (Å²) in [5, 5.41) is 0. The van der Waals surface area contributed by atoms with Gasteiger partial charge in [0.05, 0.1) is 33.3 Å². The summed E-state index contributed by atoms with van der Waals surface area (Å²) in [5.41, 5.74) is 0. The topological polar surface area (TPSA) is 66.4 Å². The first-order chi connectivity index (χ1) is 8.80. The van der Waals surface area contributed by atoms with E-state index in [2.05, 4.69) is 31.9 Å². The number of rotatable bonds is 9. The quantitative estimate of drug-likeness (QED) is 0.372. The molecule has 0 spiro atoms. The summed E-state index contributed by atoms with van der Waals surface area (Å²) >= 11 is 0. The maximum absolute atomic E-state index is 9.22. The maximum Gasteiger partial charge on any atom is 0.217 e. The fourth-order valence-electron chi connectivity index (χ4n) is 2.57. The van der Waals surface area contributed by atoms with Crippen molar-refractivity contribution >= 4 is 10.4 Å². The Hall–Kier alpha value is -0.170. The molecule has 0 aliphatic heterocycles. The van der Waals surface area contributed by atoms with Gasteiger partial charge in [-0.15, -0.1) is 0 Å². The first kappa shape index (κ1) is 21.1. The lowest BCUT2D eigenvalue weighted by Gasteiger charge is -2.38. The van der Waals surface area contributed by atoms with E-state index < -0.39 is 10.4 Å². The summed E-state index contributed by atoms with van der Waals surface area (Å²) in [5.74, 6) is 0. The van der Waals surface area contributed by atoms with Crippen molar-refractivity contribution in [1.82, 2.24) is 0 Å². The minimum absolute atomic E-state index is 0.808. The van der Waals surface area contributed by atoms with Gasteiger partial charge in [-0.05, 0) is 25.7 Å². The molecule has 0 heterocycles. The van der Waals surface area contributed by atoms with Crippen LogP contribution in [0, 0.1) is 0 Å². The molecule has 19 heavy (non-hydrogen) atoms. The number of nitrogens with zero attached hydrogens (tertiary/aromatic N) is 1. The van der Waals surface area contributed by atoms with Crippen molar-refractivity contribution in [1.29, 1.82) is 0 Å². The molecule has 0 aromatic heterocycles. The molecule has 0 saturated heterocycles. The zero-order valence-corrected chi connectivity index (χ0v) is 14.0. The SMILES string of the molecule is CCC[N+](CCC)(CCC)CCC.COS(=O)(=O)[O-]. The molecule has 0 saturated carbocycles. The maximum atomic E-state index is 9.22. The van der Waals surface area contributed by atoms with Crippen LogP contribution in [0.15, 0.2) is 0 Å². The molecule has 0 fully saturated rings. The van der Waals surface area contributed by atoms with E-state index in [1.165, 1.54) is 56.3 Å². The fraction of sp³-hybridized carbons (Fsp3) is 1.00. The number of quaternary nitrogens is 1. The first-order valence-corrected chi connectivity index (χ1v) is 8.50. The van der Waals surface area contributed by atoms with Crippen LogP contribution in [-0.4, -0.2) is 50.7 Å². The van der Waals surface area contributed by atoms with Gasteiger partial charge < -0.3 is 9.04 Å². The summed E-state index contributed by atoms with van der Waals surface area (Å²) in [4.78, 5) is 0.